The molecule has 1 saturated heterocycles. The van der Waals surface area contributed by atoms with Crippen molar-refractivity contribution in [2.24, 2.45) is 7.05 Å². The summed E-state index contributed by atoms with van der Waals surface area (Å²) in [5.74, 6) is 0.268. The van der Waals surface area contributed by atoms with Crippen LogP contribution in [0.15, 0.2) is 54.7 Å². The lowest BCUT2D eigenvalue weighted by atomic mass is 10.1. The first-order valence-corrected chi connectivity index (χ1v) is 10.5. The predicted molar refractivity (Wildman–Crippen MR) is 122 cm³/mol. The molecule has 1 aliphatic heterocycles. The van der Waals surface area contributed by atoms with Crippen LogP contribution in [0.1, 0.15) is 18.4 Å². The summed E-state index contributed by atoms with van der Waals surface area (Å²) in [6.45, 7) is 0.288. The lowest BCUT2D eigenvalue weighted by Gasteiger charge is -2.13. The van der Waals surface area contributed by atoms with E-state index >= 15 is 0 Å². The molecular formula is C24H26N4O4. The molecule has 1 unspecified atom stereocenters. The van der Waals surface area contributed by atoms with Crippen LogP contribution in [-0.4, -0.2) is 47.0 Å². The Bertz CT molecular complexity index is 1150. The van der Waals surface area contributed by atoms with E-state index < -0.39 is 12.1 Å². The van der Waals surface area contributed by atoms with Crippen LogP contribution in [0.3, 0.4) is 0 Å². The molecular weight excluding hydrogens is 408 g/mol. The van der Waals surface area contributed by atoms with Gasteiger partial charge in [0.1, 0.15) is 11.8 Å². The molecule has 0 aliphatic carbocycles. The molecule has 2 N–H and O–H groups in total. The normalized spacial score (nSPS) is 15.8. The third-order valence-corrected chi connectivity index (χ3v) is 5.72. The molecule has 3 aromatic rings. The number of hydrogen-bond acceptors (Lipinski definition) is 4. The summed E-state index contributed by atoms with van der Waals surface area (Å²) in [7, 11) is 3.55. The molecule has 4 rings (SSSR count). The summed E-state index contributed by atoms with van der Waals surface area (Å²) in [4.78, 5) is 38.5. The maximum Gasteiger partial charge on any atom is 0.324 e. The summed E-state index contributed by atoms with van der Waals surface area (Å²) in [6.07, 6.45) is 2.90. The molecule has 0 saturated carbocycles. The van der Waals surface area contributed by atoms with E-state index in [1.807, 2.05) is 66.3 Å². The topological polar surface area (TPSA) is 92.7 Å². The van der Waals surface area contributed by atoms with Crippen LogP contribution in [0.2, 0.25) is 0 Å². The van der Waals surface area contributed by atoms with E-state index in [1.54, 1.807) is 7.11 Å². The molecule has 32 heavy (non-hydrogen) atoms. The summed E-state index contributed by atoms with van der Waals surface area (Å²) in [5.41, 5.74) is 2.73. The first-order valence-electron chi connectivity index (χ1n) is 10.5. The van der Waals surface area contributed by atoms with Gasteiger partial charge in [-0.05, 0) is 54.1 Å². The molecule has 4 amide bonds. The minimum atomic E-state index is -0.681. The number of aryl methyl sites for hydroxylation is 1. The van der Waals surface area contributed by atoms with Crippen molar-refractivity contribution >= 4 is 34.4 Å². The zero-order valence-electron chi connectivity index (χ0n) is 18.1. The van der Waals surface area contributed by atoms with E-state index in [-0.39, 0.29) is 31.2 Å². The van der Waals surface area contributed by atoms with E-state index in [0.29, 0.717) is 12.1 Å². The fraction of sp³-hybridized carbons (Fsp3) is 0.292. The SMILES string of the molecule is COc1ccc(CCN2C(=O)NC(CCC(=O)Nc3ccc4ccn(C)c4c3)C2=O)cc1. The van der Waals surface area contributed by atoms with Crippen molar-refractivity contribution < 1.29 is 19.1 Å². The Balaban J connectivity index is 1.28. The smallest absolute Gasteiger partial charge is 0.324 e. The quantitative estimate of drug-likeness (QED) is 0.533. The Labute approximate surface area is 186 Å². The van der Waals surface area contributed by atoms with Gasteiger partial charge in [-0.15, -0.1) is 0 Å². The van der Waals surface area contributed by atoms with Crippen molar-refractivity contribution in [1.82, 2.24) is 14.8 Å². The highest BCUT2D eigenvalue weighted by Crippen LogP contribution is 2.20. The molecule has 0 radical (unpaired) electrons. The van der Waals surface area contributed by atoms with Gasteiger partial charge in [0, 0.05) is 37.4 Å². The highest BCUT2D eigenvalue weighted by atomic mass is 16.5. The van der Waals surface area contributed by atoms with Gasteiger partial charge in [0.05, 0.1) is 7.11 Å². The lowest BCUT2D eigenvalue weighted by molar-refractivity contribution is -0.127. The van der Waals surface area contributed by atoms with Crippen molar-refractivity contribution in [3.63, 3.8) is 0 Å². The summed E-state index contributed by atoms with van der Waals surface area (Å²) in [5, 5.41) is 6.65. The number of anilines is 1. The summed E-state index contributed by atoms with van der Waals surface area (Å²) < 4.78 is 7.12. The van der Waals surface area contributed by atoms with Gasteiger partial charge in [-0.3, -0.25) is 14.5 Å². The van der Waals surface area contributed by atoms with Gasteiger partial charge in [0.2, 0.25) is 5.91 Å². The Hall–Kier alpha value is -3.81. The molecule has 1 aromatic heterocycles. The number of carbonyl (C=O) groups is 3. The molecule has 1 aliphatic rings. The average Bonchev–Trinajstić information content (AvgIpc) is 3.29. The number of nitrogens with zero attached hydrogens (tertiary/aromatic N) is 2. The molecule has 8 heteroatoms. The second-order valence-corrected chi connectivity index (χ2v) is 7.88. The number of fused-ring (bicyclic) bond motifs is 1. The number of rotatable bonds is 8. The lowest BCUT2D eigenvalue weighted by Crippen LogP contribution is -2.33. The average molecular weight is 434 g/mol. The molecule has 1 atom stereocenters. The predicted octanol–water partition coefficient (Wildman–Crippen LogP) is 3.07. The number of ether oxygens (including phenoxy) is 1. The Morgan fingerprint density at radius 3 is 2.66 bits per heavy atom. The molecule has 0 spiro atoms. The van der Waals surface area contributed by atoms with Crippen molar-refractivity contribution in [3.05, 3.63) is 60.3 Å². The molecule has 0 bridgehead atoms. The van der Waals surface area contributed by atoms with Crippen molar-refractivity contribution in [1.29, 1.82) is 0 Å². The van der Waals surface area contributed by atoms with Crippen LogP contribution in [0.5, 0.6) is 5.75 Å². The number of hydrogen-bond donors (Lipinski definition) is 2. The molecule has 2 heterocycles. The van der Waals surface area contributed by atoms with Crippen LogP contribution in [0.4, 0.5) is 10.5 Å². The minimum Gasteiger partial charge on any atom is -0.497 e. The fourth-order valence-electron chi connectivity index (χ4n) is 3.86. The fourth-order valence-corrected chi connectivity index (χ4v) is 3.86. The van der Waals surface area contributed by atoms with Gasteiger partial charge < -0.3 is 19.9 Å². The monoisotopic (exact) mass is 434 g/mol. The number of amides is 4. The molecule has 8 nitrogen and oxygen atoms in total. The number of urea groups is 1. The Morgan fingerprint density at radius 1 is 1.12 bits per heavy atom. The van der Waals surface area contributed by atoms with Crippen LogP contribution >= 0.6 is 0 Å². The van der Waals surface area contributed by atoms with E-state index in [0.717, 1.165) is 22.2 Å². The van der Waals surface area contributed by atoms with Crippen molar-refractivity contribution in [2.75, 3.05) is 19.0 Å². The molecule has 1 fully saturated rings. The van der Waals surface area contributed by atoms with Crippen molar-refractivity contribution in [2.45, 2.75) is 25.3 Å². The van der Waals surface area contributed by atoms with Crippen LogP contribution < -0.4 is 15.4 Å². The zero-order valence-corrected chi connectivity index (χ0v) is 18.1. The van der Waals surface area contributed by atoms with Gasteiger partial charge in [-0.1, -0.05) is 18.2 Å². The van der Waals surface area contributed by atoms with Gasteiger partial charge >= 0.3 is 6.03 Å². The minimum absolute atomic E-state index is 0.133. The summed E-state index contributed by atoms with van der Waals surface area (Å²) in [6, 6.07) is 14.1. The number of benzene rings is 2. The second-order valence-electron chi connectivity index (χ2n) is 7.88. The maximum atomic E-state index is 12.7. The van der Waals surface area contributed by atoms with Crippen LogP contribution in [0.25, 0.3) is 10.9 Å². The third kappa shape index (κ3) is 4.59. The largest absolute Gasteiger partial charge is 0.497 e. The highest BCUT2D eigenvalue weighted by molar-refractivity contribution is 6.04. The zero-order chi connectivity index (χ0) is 22.7. The van der Waals surface area contributed by atoms with E-state index in [1.165, 1.54) is 4.90 Å². The van der Waals surface area contributed by atoms with Gasteiger partial charge in [0.15, 0.2) is 0 Å². The van der Waals surface area contributed by atoms with Crippen LogP contribution in [-0.2, 0) is 23.1 Å². The van der Waals surface area contributed by atoms with Crippen molar-refractivity contribution in [3.8, 4) is 5.75 Å². The number of methoxy groups -OCH3 is 1. The van der Waals surface area contributed by atoms with Gasteiger partial charge in [-0.2, -0.15) is 0 Å². The number of aromatic nitrogens is 1. The highest BCUT2D eigenvalue weighted by Gasteiger charge is 2.37. The number of imide groups is 1. The van der Waals surface area contributed by atoms with Crippen LogP contribution in [0, 0.1) is 0 Å². The van der Waals surface area contributed by atoms with E-state index in [9.17, 15) is 14.4 Å². The van der Waals surface area contributed by atoms with Gasteiger partial charge in [-0.25, -0.2) is 4.79 Å². The molecule has 2 aromatic carbocycles. The first kappa shape index (κ1) is 21.4. The third-order valence-electron chi connectivity index (χ3n) is 5.72. The number of nitrogens with one attached hydrogen (secondary N) is 2. The summed E-state index contributed by atoms with van der Waals surface area (Å²) >= 11 is 0. The number of carbonyl (C=O) groups excluding carboxylic acids is 3. The Kier molecular flexibility index (Phi) is 6.11. The standard InChI is InChI=1S/C24H26N4O4/c1-27-13-12-17-5-6-18(15-21(17)27)25-22(29)10-9-20-23(30)28(24(31)26-20)14-11-16-3-7-19(32-2)8-4-16/h3-8,12-13,15,20H,9-11,14H2,1-2H3,(H,25,29)(H,26,31). The van der Waals surface area contributed by atoms with E-state index in [4.69, 9.17) is 4.74 Å². The van der Waals surface area contributed by atoms with E-state index in [2.05, 4.69) is 10.6 Å². The maximum absolute atomic E-state index is 12.7. The second kappa shape index (κ2) is 9.13. The molecule has 166 valence electrons. The first-order chi connectivity index (χ1) is 15.4. The Morgan fingerprint density at radius 2 is 1.91 bits per heavy atom. The van der Waals surface area contributed by atoms with Gasteiger partial charge in [0.25, 0.3) is 5.91 Å².